The molecular formula is C13H11ClN2O. The van der Waals surface area contributed by atoms with E-state index in [2.05, 4.69) is 5.10 Å². The second-order valence-electron chi connectivity index (χ2n) is 4.15. The molecular weight excluding hydrogens is 236 g/mol. The molecule has 86 valence electrons. The van der Waals surface area contributed by atoms with Gasteiger partial charge in [-0.25, -0.2) is 4.68 Å². The van der Waals surface area contributed by atoms with E-state index >= 15 is 0 Å². The Morgan fingerprint density at radius 1 is 1.29 bits per heavy atom. The summed E-state index contributed by atoms with van der Waals surface area (Å²) in [7, 11) is 0. The van der Waals surface area contributed by atoms with Gasteiger partial charge in [0.2, 0.25) is 0 Å². The number of hydrogen-bond donors (Lipinski definition) is 0. The number of hydrogen-bond acceptors (Lipinski definition) is 2. The van der Waals surface area contributed by atoms with E-state index in [0.29, 0.717) is 10.7 Å². The Morgan fingerprint density at radius 2 is 2.12 bits per heavy atom. The van der Waals surface area contributed by atoms with Crippen LogP contribution in [-0.4, -0.2) is 16.1 Å². The second kappa shape index (κ2) is 4.00. The van der Waals surface area contributed by atoms with Gasteiger partial charge in [-0.3, -0.25) is 4.79 Å². The summed E-state index contributed by atoms with van der Waals surface area (Å²) in [5.74, 6) is 0. The molecule has 0 aliphatic heterocycles. The Labute approximate surface area is 104 Å². The summed E-state index contributed by atoms with van der Waals surface area (Å²) < 4.78 is 1.67. The van der Waals surface area contributed by atoms with Gasteiger partial charge in [0.25, 0.3) is 0 Å². The lowest BCUT2D eigenvalue weighted by Crippen LogP contribution is -2.04. The van der Waals surface area contributed by atoms with Gasteiger partial charge in [0, 0.05) is 5.56 Å². The SMILES string of the molecule is O=Cc1c2c(nn1-c1ccccc1Cl)CCC2. The van der Waals surface area contributed by atoms with Crippen LogP contribution in [0.15, 0.2) is 24.3 Å². The van der Waals surface area contributed by atoms with Crippen molar-refractivity contribution in [3.05, 3.63) is 46.2 Å². The van der Waals surface area contributed by atoms with E-state index in [1.807, 2.05) is 18.2 Å². The summed E-state index contributed by atoms with van der Waals surface area (Å²) in [5, 5.41) is 5.10. The fourth-order valence-electron chi connectivity index (χ4n) is 2.34. The molecule has 4 heteroatoms. The zero-order valence-electron chi connectivity index (χ0n) is 9.19. The first-order valence-electron chi connectivity index (χ1n) is 5.62. The third kappa shape index (κ3) is 1.58. The van der Waals surface area contributed by atoms with Gasteiger partial charge < -0.3 is 0 Å². The van der Waals surface area contributed by atoms with Crippen LogP contribution < -0.4 is 0 Å². The highest BCUT2D eigenvalue weighted by Crippen LogP contribution is 2.28. The lowest BCUT2D eigenvalue weighted by atomic mass is 10.2. The van der Waals surface area contributed by atoms with E-state index in [1.54, 1.807) is 10.7 Å². The summed E-state index contributed by atoms with van der Waals surface area (Å²) in [6, 6.07) is 7.43. The minimum atomic E-state index is 0.608. The quantitative estimate of drug-likeness (QED) is 0.764. The lowest BCUT2D eigenvalue weighted by Gasteiger charge is -2.06. The van der Waals surface area contributed by atoms with Crippen LogP contribution in [-0.2, 0) is 12.8 Å². The Kier molecular flexibility index (Phi) is 2.48. The summed E-state index contributed by atoms with van der Waals surface area (Å²) in [6.45, 7) is 0. The first kappa shape index (κ1) is 10.5. The van der Waals surface area contributed by atoms with Crippen molar-refractivity contribution in [2.75, 3.05) is 0 Å². The summed E-state index contributed by atoms with van der Waals surface area (Å²) in [4.78, 5) is 11.2. The van der Waals surface area contributed by atoms with Crippen molar-refractivity contribution in [2.24, 2.45) is 0 Å². The molecule has 17 heavy (non-hydrogen) atoms. The number of halogens is 1. The third-order valence-corrected chi connectivity index (χ3v) is 3.46. The third-order valence-electron chi connectivity index (χ3n) is 3.14. The molecule has 0 unspecified atom stereocenters. The number of aryl methyl sites for hydroxylation is 1. The van der Waals surface area contributed by atoms with Gasteiger partial charge in [-0.15, -0.1) is 0 Å². The standard InChI is InChI=1S/C13H11ClN2O/c14-10-5-1-2-7-12(10)16-13(8-17)9-4-3-6-11(9)15-16/h1-2,5,7-8H,3-4,6H2. The predicted octanol–water partition coefficient (Wildman–Crippen LogP) is 2.83. The number of aromatic nitrogens is 2. The van der Waals surface area contributed by atoms with E-state index in [-0.39, 0.29) is 0 Å². The molecule has 0 fully saturated rings. The molecule has 3 rings (SSSR count). The van der Waals surface area contributed by atoms with E-state index in [4.69, 9.17) is 11.6 Å². The number of aldehydes is 1. The smallest absolute Gasteiger partial charge is 0.168 e. The molecule has 0 saturated heterocycles. The predicted molar refractivity (Wildman–Crippen MR) is 66.0 cm³/mol. The number of carbonyl (C=O) groups excluding carboxylic acids is 1. The summed E-state index contributed by atoms with van der Waals surface area (Å²) in [6.07, 6.45) is 3.85. The van der Waals surface area contributed by atoms with Crippen molar-refractivity contribution in [3.8, 4) is 5.69 Å². The maximum Gasteiger partial charge on any atom is 0.168 e. The Morgan fingerprint density at radius 3 is 2.88 bits per heavy atom. The summed E-state index contributed by atoms with van der Waals surface area (Å²) in [5.41, 5.74) is 3.53. The first-order chi connectivity index (χ1) is 8.31. The minimum absolute atomic E-state index is 0.608. The highest BCUT2D eigenvalue weighted by atomic mass is 35.5. The molecule has 0 N–H and O–H groups in total. The van der Waals surface area contributed by atoms with E-state index < -0.39 is 0 Å². The molecule has 0 bridgehead atoms. The van der Waals surface area contributed by atoms with Gasteiger partial charge in [-0.05, 0) is 31.4 Å². The molecule has 3 nitrogen and oxygen atoms in total. The Balaban J connectivity index is 2.22. The zero-order valence-corrected chi connectivity index (χ0v) is 9.94. The highest BCUT2D eigenvalue weighted by Gasteiger charge is 2.22. The van der Waals surface area contributed by atoms with E-state index in [9.17, 15) is 4.79 Å². The maximum atomic E-state index is 11.2. The fourth-order valence-corrected chi connectivity index (χ4v) is 2.56. The number of fused-ring (bicyclic) bond motifs is 1. The van der Waals surface area contributed by atoms with Gasteiger partial charge in [-0.2, -0.15) is 5.10 Å². The molecule has 0 saturated carbocycles. The summed E-state index contributed by atoms with van der Waals surface area (Å²) >= 11 is 6.13. The van der Waals surface area contributed by atoms with Crippen LogP contribution in [0.3, 0.4) is 0 Å². The average molecular weight is 247 g/mol. The van der Waals surface area contributed by atoms with Crippen molar-refractivity contribution in [1.29, 1.82) is 0 Å². The molecule has 1 aliphatic carbocycles. The van der Waals surface area contributed by atoms with Crippen LogP contribution in [0.5, 0.6) is 0 Å². The number of benzene rings is 1. The van der Waals surface area contributed by atoms with Gasteiger partial charge in [-0.1, -0.05) is 23.7 Å². The zero-order chi connectivity index (χ0) is 11.8. The number of carbonyl (C=O) groups is 1. The van der Waals surface area contributed by atoms with Gasteiger partial charge in [0.15, 0.2) is 6.29 Å². The maximum absolute atomic E-state index is 11.2. The van der Waals surface area contributed by atoms with Crippen molar-refractivity contribution in [3.63, 3.8) is 0 Å². The van der Waals surface area contributed by atoms with Crippen LogP contribution in [0, 0.1) is 0 Å². The highest BCUT2D eigenvalue weighted by molar-refractivity contribution is 6.32. The van der Waals surface area contributed by atoms with Gasteiger partial charge in [0.05, 0.1) is 16.4 Å². The van der Waals surface area contributed by atoms with Crippen molar-refractivity contribution >= 4 is 17.9 Å². The number of rotatable bonds is 2. The van der Waals surface area contributed by atoms with Crippen LogP contribution in [0.2, 0.25) is 5.02 Å². The molecule has 0 spiro atoms. The van der Waals surface area contributed by atoms with Crippen LogP contribution in [0.25, 0.3) is 5.69 Å². The average Bonchev–Trinajstić information content (AvgIpc) is 2.89. The Hall–Kier alpha value is -1.61. The molecule has 1 aromatic heterocycles. The number of nitrogens with zero attached hydrogens (tertiary/aromatic N) is 2. The van der Waals surface area contributed by atoms with Crippen molar-refractivity contribution < 1.29 is 4.79 Å². The van der Waals surface area contributed by atoms with Gasteiger partial charge >= 0.3 is 0 Å². The van der Waals surface area contributed by atoms with E-state index in [0.717, 1.165) is 42.5 Å². The van der Waals surface area contributed by atoms with Crippen LogP contribution >= 0.6 is 11.6 Å². The van der Waals surface area contributed by atoms with Crippen molar-refractivity contribution in [1.82, 2.24) is 9.78 Å². The van der Waals surface area contributed by atoms with Crippen LogP contribution in [0.1, 0.15) is 28.2 Å². The second-order valence-corrected chi connectivity index (χ2v) is 4.55. The topological polar surface area (TPSA) is 34.9 Å². The fraction of sp³-hybridized carbons (Fsp3) is 0.231. The van der Waals surface area contributed by atoms with Gasteiger partial charge in [0.1, 0.15) is 5.69 Å². The lowest BCUT2D eigenvalue weighted by molar-refractivity contribution is 0.111. The molecule has 0 radical (unpaired) electrons. The molecule has 1 aliphatic rings. The molecule has 2 aromatic rings. The Bertz CT molecular complexity index is 589. The first-order valence-corrected chi connectivity index (χ1v) is 6.00. The molecule has 1 aromatic carbocycles. The monoisotopic (exact) mass is 246 g/mol. The number of para-hydroxylation sites is 1. The van der Waals surface area contributed by atoms with Crippen molar-refractivity contribution in [2.45, 2.75) is 19.3 Å². The normalized spacial score (nSPS) is 13.7. The van der Waals surface area contributed by atoms with Crippen LogP contribution in [0.4, 0.5) is 0 Å². The van der Waals surface area contributed by atoms with E-state index in [1.165, 1.54) is 0 Å². The molecule has 1 heterocycles. The largest absolute Gasteiger partial charge is 0.296 e. The minimum Gasteiger partial charge on any atom is -0.296 e. The molecule has 0 atom stereocenters. The molecule has 0 amide bonds.